The fraction of sp³-hybridized carbons (Fsp3) is 0.391. The van der Waals surface area contributed by atoms with Crippen molar-refractivity contribution in [2.75, 3.05) is 45.0 Å². The highest BCUT2D eigenvalue weighted by molar-refractivity contribution is 5.96. The molecule has 0 bridgehead atoms. The van der Waals surface area contributed by atoms with Crippen LogP contribution in [0.1, 0.15) is 31.1 Å². The molecule has 2 aromatic carbocycles. The Labute approximate surface area is 186 Å². The number of hydrogen-bond acceptors (Lipinski definition) is 8. The van der Waals surface area contributed by atoms with Crippen molar-refractivity contribution in [2.45, 2.75) is 20.8 Å². The molecule has 32 heavy (non-hydrogen) atoms. The summed E-state index contributed by atoms with van der Waals surface area (Å²) >= 11 is 0. The summed E-state index contributed by atoms with van der Waals surface area (Å²) in [6.07, 6.45) is 0. The third-order valence-corrected chi connectivity index (χ3v) is 4.31. The summed E-state index contributed by atoms with van der Waals surface area (Å²) in [5, 5.41) is 2.67. The van der Waals surface area contributed by atoms with Crippen molar-refractivity contribution in [3.8, 4) is 28.7 Å². The molecular formula is C23H27NO8. The van der Waals surface area contributed by atoms with Crippen LogP contribution >= 0.6 is 0 Å². The largest absolute Gasteiger partial charge is 0.490 e. The van der Waals surface area contributed by atoms with Gasteiger partial charge in [-0.05, 0) is 45.0 Å². The van der Waals surface area contributed by atoms with E-state index in [0.29, 0.717) is 67.5 Å². The first-order chi connectivity index (χ1) is 15.5. The second-order valence-corrected chi connectivity index (χ2v) is 6.58. The molecule has 2 aromatic rings. The van der Waals surface area contributed by atoms with Crippen LogP contribution in [0.15, 0.2) is 30.3 Å². The Morgan fingerprint density at radius 1 is 0.875 bits per heavy atom. The molecule has 1 aliphatic heterocycles. The number of benzene rings is 2. The number of rotatable bonds is 10. The van der Waals surface area contributed by atoms with Gasteiger partial charge in [-0.3, -0.25) is 4.79 Å². The normalized spacial score (nSPS) is 12.0. The smallest absolute Gasteiger partial charge is 0.338 e. The molecule has 1 heterocycles. The van der Waals surface area contributed by atoms with Crippen molar-refractivity contribution in [3.63, 3.8) is 0 Å². The zero-order valence-corrected chi connectivity index (χ0v) is 18.4. The summed E-state index contributed by atoms with van der Waals surface area (Å²) in [7, 11) is 0. The first-order valence-corrected chi connectivity index (χ1v) is 10.5. The predicted octanol–water partition coefficient (Wildman–Crippen LogP) is 3.45. The third kappa shape index (κ3) is 5.75. The second-order valence-electron chi connectivity index (χ2n) is 6.58. The molecule has 0 fully saturated rings. The molecule has 9 nitrogen and oxygen atoms in total. The van der Waals surface area contributed by atoms with Gasteiger partial charge < -0.3 is 33.7 Å². The van der Waals surface area contributed by atoms with E-state index in [1.54, 1.807) is 18.2 Å². The van der Waals surface area contributed by atoms with E-state index >= 15 is 0 Å². The zero-order valence-electron chi connectivity index (χ0n) is 18.4. The van der Waals surface area contributed by atoms with E-state index in [1.165, 1.54) is 12.1 Å². The number of fused-ring (bicyclic) bond motifs is 1. The van der Waals surface area contributed by atoms with Gasteiger partial charge in [0.15, 0.2) is 29.6 Å². The van der Waals surface area contributed by atoms with Gasteiger partial charge in [0, 0.05) is 11.8 Å². The fourth-order valence-electron chi connectivity index (χ4n) is 3.04. The van der Waals surface area contributed by atoms with Crippen LogP contribution < -0.4 is 29.0 Å². The standard InChI is InChI=1S/C23H27NO8/c1-4-27-19-11-15(12-20(28-5-2)22(19)29-6-3)23(26)32-14-21(25)24-16-7-8-17-18(13-16)31-10-9-30-17/h7-8,11-13H,4-6,9-10,14H2,1-3H3,(H,24,25). The van der Waals surface area contributed by atoms with Gasteiger partial charge in [0.2, 0.25) is 5.75 Å². The molecule has 0 atom stereocenters. The monoisotopic (exact) mass is 445 g/mol. The van der Waals surface area contributed by atoms with E-state index in [4.69, 9.17) is 28.4 Å². The molecule has 0 unspecified atom stereocenters. The maximum absolute atomic E-state index is 12.6. The van der Waals surface area contributed by atoms with Crippen molar-refractivity contribution in [3.05, 3.63) is 35.9 Å². The van der Waals surface area contributed by atoms with Gasteiger partial charge >= 0.3 is 5.97 Å². The topological polar surface area (TPSA) is 102 Å². The Morgan fingerprint density at radius 3 is 2.12 bits per heavy atom. The van der Waals surface area contributed by atoms with Gasteiger partial charge in [-0.1, -0.05) is 0 Å². The summed E-state index contributed by atoms with van der Waals surface area (Å²) in [6.45, 7) is 7.11. The van der Waals surface area contributed by atoms with Crippen molar-refractivity contribution >= 4 is 17.6 Å². The molecule has 1 amide bonds. The Bertz CT molecular complexity index is 932. The highest BCUT2D eigenvalue weighted by Crippen LogP contribution is 2.39. The molecule has 1 aliphatic rings. The lowest BCUT2D eigenvalue weighted by Crippen LogP contribution is -2.21. The minimum atomic E-state index is -0.688. The van der Waals surface area contributed by atoms with Crippen LogP contribution in [-0.4, -0.2) is 51.5 Å². The number of carbonyl (C=O) groups is 2. The minimum absolute atomic E-state index is 0.187. The molecule has 1 N–H and O–H groups in total. The van der Waals surface area contributed by atoms with E-state index in [9.17, 15) is 9.59 Å². The number of amides is 1. The molecule has 3 rings (SSSR count). The van der Waals surface area contributed by atoms with Gasteiger partial charge in [0.05, 0.1) is 25.4 Å². The van der Waals surface area contributed by atoms with Gasteiger partial charge in [0.1, 0.15) is 13.2 Å². The molecule has 9 heteroatoms. The van der Waals surface area contributed by atoms with Crippen molar-refractivity contribution < 1.29 is 38.0 Å². The first-order valence-electron chi connectivity index (χ1n) is 10.5. The predicted molar refractivity (Wildman–Crippen MR) is 116 cm³/mol. The number of carbonyl (C=O) groups excluding carboxylic acids is 2. The average molecular weight is 445 g/mol. The van der Waals surface area contributed by atoms with Crippen molar-refractivity contribution in [2.24, 2.45) is 0 Å². The number of esters is 1. The molecule has 0 aromatic heterocycles. The number of hydrogen-bond donors (Lipinski definition) is 1. The van der Waals surface area contributed by atoms with E-state index < -0.39 is 18.5 Å². The van der Waals surface area contributed by atoms with Gasteiger partial charge in [0.25, 0.3) is 5.91 Å². The van der Waals surface area contributed by atoms with Crippen LogP contribution in [0, 0.1) is 0 Å². The van der Waals surface area contributed by atoms with E-state index in [0.717, 1.165) is 0 Å². The van der Waals surface area contributed by atoms with Crippen LogP contribution in [0.25, 0.3) is 0 Å². The Morgan fingerprint density at radius 2 is 1.50 bits per heavy atom. The maximum atomic E-state index is 12.6. The van der Waals surface area contributed by atoms with Crippen LogP contribution in [0.4, 0.5) is 5.69 Å². The molecule has 0 aliphatic carbocycles. The first kappa shape index (κ1) is 23.1. The number of anilines is 1. The maximum Gasteiger partial charge on any atom is 0.338 e. The van der Waals surface area contributed by atoms with Crippen LogP contribution in [0.5, 0.6) is 28.7 Å². The van der Waals surface area contributed by atoms with Crippen molar-refractivity contribution in [1.82, 2.24) is 0 Å². The molecule has 0 saturated carbocycles. The second kappa shape index (κ2) is 11.1. The van der Waals surface area contributed by atoms with Gasteiger partial charge in [-0.25, -0.2) is 4.79 Å². The van der Waals surface area contributed by atoms with Crippen LogP contribution in [0.2, 0.25) is 0 Å². The van der Waals surface area contributed by atoms with E-state index in [2.05, 4.69) is 5.32 Å². The molecule has 0 saturated heterocycles. The Balaban J connectivity index is 1.66. The molecular weight excluding hydrogens is 418 g/mol. The fourth-order valence-corrected chi connectivity index (χ4v) is 3.04. The van der Waals surface area contributed by atoms with Crippen LogP contribution in [0.3, 0.4) is 0 Å². The highest BCUT2D eigenvalue weighted by Gasteiger charge is 2.20. The van der Waals surface area contributed by atoms with Crippen molar-refractivity contribution in [1.29, 1.82) is 0 Å². The van der Waals surface area contributed by atoms with E-state index in [1.807, 2.05) is 20.8 Å². The average Bonchev–Trinajstić information content (AvgIpc) is 2.79. The quantitative estimate of drug-likeness (QED) is 0.555. The minimum Gasteiger partial charge on any atom is -0.490 e. The third-order valence-electron chi connectivity index (χ3n) is 4.31. The van der Waals surface area contributed by atoms with Gasteiger partial charge in [-0.2, -0.15) is 0 Å². The van der Waals surface area contributed by atoms with Crippen LogP contribution in [-0.2, 0) is 9.53 Å². The molecule has 0 radical (unpaired) electrons. The highest BCUT2D eigenvalue weighted by atomic mass is 16.6. The summed E-state index contributed by atoms with van der Waals surface area (Å²) in [5.41, 5.74) is 0.695. The summed E-state index contributed by atoms with van der Waals surface area (Å²) in [6, 6.07) is 8.07. The number of nitrogens with one attached hydrogen (secondary N) is 1. The summed E-state index contributed by atoms with van der Waals surface area (Å²) < 4.78 is 33.0. The Hall–Kier alpha value is -3.62. The number of ether oxygens (including phenoxy) is 6. The SMILES string of the molecule is CCOc1cc(C(=O)OCC(=O)Nc2ccc3c(c2)OCCO3)cc(OCC)c1OCC. The zero-order chi connectivity index (χ0) is 22.9. The summed E-state index contributed by atoms with van der Waals surface area (Å²) in [4.78, 5) is 24.8. The molecule has 0 spiro atoms. The lowest BCUT2D eigenvalue weighted by atomic mass is 10.2. The lowest BCUT2D eigenvalue weighted by molar-refractivity contribution is -0.119. The molecule has 172 valence electrons. The summed E-state index contributed by atoms with van der Waals surface area (Å²) in [5.74, 6) is 1.15. The van der Waals surface area contributed by atoms with E-state index in [-0.39, 0.29) is 5.56 Å². The lowest BCUT2D eigenvalue weighted by Gasteiger charge is -2.19. The van der Waals surface area contributed by atoms with Gasteiger partial charge in [-0.15, -0.1) is 0 Å². The Kier molecular flexibility index (Phi) is 8.02.